The fraction of sp³-hybridized carbons (Fsp3) is 0.636. The van der Waals surface area contributed by atoms with Crippen molar-refractivity contribution in [3.63, 3.8) is 0 Å². The fourth-order valence-electron chi connectivity index (χ4n) is 6.19. The lowest BCUT2D eigenvalue weighted by molar-refractivity contribution is -0.141. The van der Waals surface area contributed by atoms with Gasteiger partial charge in [-0.3, -0.25) is 28.8 Å². The number of hydrogen-bond donors (Lipinski definition) is 6. The van der Waals surface area contributed by atoms with Gasteiger partial charge in [0.1, 0.15) is 36.3 Å². The van der Waals surface area contributed by atoms with Crippen LogP contribution < -0.4 is 26.6 Å². The number of nitrogens with zero attached hydrogens (tertiary/aromatic N) is 1. The Labute approximate surface area is 275 Å². The first kappa shape index (κ1) is 35.8. The molecule has 0 aliphatic carbocycles. The summed E-state index contributed by atoms with van der Waals surface area (Å²) in [6.45, 7) is 5.78. The predicted molar refractivity (Wildman–Crippen MR) is 170 cm³/mol. The SMILES string of the molecule is CC(C)C[C@@H]1NC(=O)[C@@H](Cc2ccccc2)NC(=O)[C@@H](NC(=O)[C@@H]2CCCO2)CCCNC(=O)[C@@H]2C[C@@H](O)CN2C(=O)[C@H](C)NC1=O. The number of rotatable bonds is 6. The minimum Gasteiger partial charge on any atom is -0.391 e. The number of aliphatic hydroxyl groups excluding tert-OH is 1. The highest BCUT2D eigenvalue weighted by atomic mass is 16.5. The second kappa shape index (κ2) is 16.7. The normalized spacial score (nSPS) is 30.0. The van der Waals surface area contributed by atoms with Gasteiger partial charge in [-0.2, -0.15) is 0 Å². The molecular formula is C33H48N6O8. The molecule has 4 rings (SSSR count). The van der Waals surface area contributed by atoms with Crippen molar-refractivity contribution in [2.45, 2.75) is 108 Å². The quantitative estimate of drug-likeness (QED) is 0.231. The topological polar surface area (TPSA) is 195 Å². The highest BCUT2D eigenvalue weighted by Crippen LogP contribution is 2.20. The molecule has 3 heterocycles. The van der Waals surface area contributed by atoms with Gasteiger partial charge in [-0.05, 0) is 50.5 Å². The van der Waals surface area contributed by atoms with E-state index in [-0.39, 0.29) is 51.1 Å². The van der Waals surface area contributed by atoms with Crippen molar-refractivity contribution in [3.05, 3.63) is 35.9 Å². The standard InChI is InChI=1S/C33H48N6O8/c1-19(2)15-24-29(42)35-20(3)33(46)39-18-22(40)17-26(39)31(44)34-13-7-11-23(36-32(45)27-12-8-14-47-27)28(41)38-25(30(43)37-24)16-21-9-5-4-6-10-21/h4-6,9-10,19-20,22-27,40H,7-8,11-18H2,1-3H3,(H,34,44)(H,35,42)(H,36,45)(H,37,43)(H,38,41)/t20-,22+,23-,24-,25+,26-,27-/m0/s1. The van der Waals surface area contributed by atoms with Crippen molar-refractivity contribution in [2.24, 2.45) is 5.92 Å². The largest absolute Gasteiger partial charge is 0.391 e. The summed E-state index contributed by atoms with van der Waals surface area (Å²) in [7, 11) is 0. The van der Waals surface area contributed by atoms with Gasteiger partial charge >= 0.3 is 0 Å². The Hall–Kier alpha value is -4.04. The van der Waals surface area contributed by atoms with Crippen LogP contribution in [0.25, 0.3) is 0 Å². The van der Waals surface area contributed by atoms with E-state index in [0.29, 0.717) is 13.0 Å². The van der Waals surface area contributed by atoms with Crippen molar-refractivity contribution in [2.75, 3.05) is 19.7 Å². The molecule has 7 atom stereocenters. The molecule has 0 aromatic heterocycles. The summed E-state index contributed by atoms with van der Waals surface area (Å²) in [6, 6.07) is 3.92. The molecule has 6 N–H and O–H groups in total. The van der Waals surface area contributed by atoms with E-state index < -0.39 is 77.9 Å². The average Bonchev–Trinajstić information content (AvgIpc) is 3.71. The molecule has 3 saturated heterocycles. The average molecular weight is 657 g/mol. The zero-order valence-electron chi connectivity index (χ0n) is 27.3. The van der Waals surface area contributed by atoms with Crippen LogP contribution in [0, 0.1) is 5.92 Å². The molecule has 0 radical (unpaired) electrons. The van der Waals surface area contributed by atoms with E-state index in [2.05, 4.69) is 26.6 Å². The smallest absolute Gasteiger partial charge is 0.249 e. The summed E-state index contributed by atoms with van der Waals surface area (Å²) in [5.41, 5.74) is 0.768. The number of aliphatic hydroxyl groups is 1. The summed E-state index contributed by atoms with van der Waals surface area (Å²) < 4.78 is 5.50. The maximum atomic E-state index is 13.8. The first-order valence-corrected chi connectivity index (χ1v) is 16.6. The molecule has 0 unspecified atom stereocenters. The molecule has 3 aliphatic heterocycles. The number of hydrogen-bond acceptors (Lipinski definition) is 8. The van der Waals surface area contributed by atoms with Crippen LogP contribution >= 0.6 is 0 Å². The highest BCUT2D eigenvalue weighted by molar-refractivity contribution is 5.97. The van der Waals surface area contributed by atoms with E-state index in [1.165, 1.54) is 11.8 Å². The molecule has 3 aliphatic rings. The molecule has 1 aromatic carbocycles. The lowest BCUT2D eigenvalue weighted by atomic mass is 10.00. The van der Waals surface area contributed by atoms with Crippen LogP contribution in [0.5, 0.6) is 0 Å². The minimum absolute atomic E-state index is 0.0173. The van der Waals surface area contributed by atoms with Crippen LogP contribution in [0.1, 0.15) is 64.9 Å². The summed E-state index contributed by atoms with van der Waals surface area (Å²) in [4.78, 5) is 82.0. The maximum Gasteiger partial charge on any atom is 0.249 e. The van der Waals surface area contributed by atoms with Gasteiger partial charge < -0.3 is 41.3 Å². The molecule has 0 bridgehead atoms. The Balaban J connectivity index is 1.63. The van der Waals surface area contributed by atoms with Gasteiger partial charge in [0.25, 0.3) is 0 Å². The summed E-state index contributed by atoms with van der Waals surface area (Å²) >= 11 is 0. The van der Waals surface area contributed by atoms with Crippen LogP contribution in [0.15, 0.2) is 30.3 Å². The third-order valence-electron chi connectivity index (χ3n) is 8.67. The van der Waals surface area contributed by atoms with E-state index >= 15 is 0 Å². The number of carbonyl (C=O) groups excluding carboxylic acids is 6. The minimum atomic E-state index is -1.10. The Morgan fingerprint density at radius 2 is 1.66 bits per heavy atom. The van der Waals surface area contributed by atoms with Crippen LogP contribution in [-0.2, 0) is 39.9 Å². The third kappa shape index (κ3) is 9.97. The molecule has 1 aromatic rings. The summed E-state index contributed by atoms with van der Waals surface area (Å²) in [6.07, 6.45) is 0.469. The Morgan fingerprint density at radius 1 is 0.957 bits per heavy atom. The summed E-state index contributed by atoms with van der Waals surface area (Å²) in [5, 5.41) is 24.1. The van der Waals surface area contributed by atoms with Crippen molar-refractivity contribution >= 4 is 35.4 Å². The van der Waals surface area contributed by atoms with Gasteiger partial charge in [-0.1, -0.05) is 44.2 Å². The van der Waals surface area contributed by atoms with Crippen molar-refractivity contribution in [1.29, 1.82) is 0 Å². The number of nitrogens with one attached hydrogen (secondary N) is 5. The van der Waals surface area contributed by atoms with E-state index in [1.54, 1.807) is 0 Å². The van der Waals surface area contributed by atoms with E-state index in [1.807, 2.05) is 44.2 Å². The number of benzene rings is 1. The van der Waals surface area contributed by atoms with Gasteiger partial charge in [-0.25, -0.2) is 0 Å². The second-order valence-corrected chi connectivity index (χ2v) is 13.1. The van der Waals surface area contributed by atoms with Gasteiger partial charge in [-0.15, -0.1) is 0 Å². The van der Waals surface area contributed by atoms with E-state index in [4.69, 9.17) is 4.74 Å². The molecule has 258 valence electrons. The Bertz CT molecular complexity index is 1290. The first-order chi connectivity index (χ1) is 22.4. The van der Waals surface area contributed by atoms with Crippen LogP contribution in [-0.4, -0.2) is 108 Å². The van der Waals surface area contributed by atoms with E-state index in [0.717, 1.165) is 12.0 Å². The van der Waals surface area contributed by atoms with Gasteiger partial charge in [0.05, 0.1) is 6.10 Å². The third-order valence-corrected chi connectivity index (χ3v) is 8.67. The molecule has 0 spiro atoms. The van der Waals surface area contributed by atoms with Crippen LogP contribution in [0.3, 0.4) is 0 Å². The highest BCUT2D eigenvalue weighted by Gasteiger charge is 2.41. The lowest BCUT2D eigenvalue weighted by Crippen LogP contribution is -2.59. The molecule has 47 heavy (non-hydrogen) atoms. The van der Waals surface area contributed by atoms with Gasteiger partial charge in [0.15, 0.2) is 0 Å². The number of fused-ring (bicyclic) bond motifs is 1. The zero-order chi connectivity index (χ0) is 34.1. The molecule has 3 fully saturated rings. The first-order valence-electron chi connectivity index (χ1n) is 16.6. The molecule has 6 amide bonds. The lowest BCUT2D eigenvalue weighted by Gasteiger charge is -2.29. The van der Waals surface area contributed by atoms with Crippen LogP contribution in [0.4, 0.5) is 0 Å². The van der Waals surface area contributed by atoms with Crippen molar-refractivity contribution in [3.8, 4) is 0 Å². The fourth-order valence-corrected chi connectivity index (χ4v) is 6.19. The van der Waals surface area contributed by atoms with Crippen molar-refractivity contribution in [1.82, 2.24) is 31.5 Å². The van der Waals surface area contributed by atoms with E-state index in [9.17, 15) is 33.9 Å². The van der Waals surface area contributed by atoms with Crippen molar-refractivity contribution < 1.29 is 38.6 Å². The number of carbonyl (C=O) groups is 6. The van der Waals surface area contributed by atoms with Gasteiger partial charge in [0, 0.05) is 32.5 Å². The molecular weight excluding hydrogens is 608 g/mol. The maximum absolute atomic E-state index is 13.8. The Morgan fingerprint density at radius 3 is 2.34 bits per heavy atom. The number of ether oxygens (including phenoxy) is 1. The molecule has 14 nitrogen and oxygen atoms in total. The summed E-state index contributed by atoms with van der Waals surface area (Å²) in [5.74, 6) is -3.23. The predicted octanol–water partition coefficient (Wildman–Crippen LogP) is -0.715. The molecule has 14 heteroatoms. The number of amides is 6. The second-order valence-electron chi connectivity index (χ2n) is 13.1. The van der Waals surface area contributed by atoms with Gasteiger partial charge in [0.2, 0.25) is 35.4 Å². The van der Waals surface area contributed by atoms with Crippen LogP contribution in [0.2, 0.25) is 0 Å². The zero-order valence-corrected chi connectivity index (χ0v) is 27.3. The Kier molecular flexibility index (Phi) is 12.7. The molecule has 0 saturated carbocycles. The monoisotopic (exact) mass is 656 g/mol.